The summed E-state index contributed by atoms with van der Waals surface area (Å²) in [6, 6.07) is 130. The summed E-state index contributed by atoms with van der Waals surface area (Å²) in [5.74, 6) is 0. The van der Waals surface area contributed by atoms with Gasteiger partial charge in [0.2, 0.25) is 0 Å². The normalized spacial score (nSPS) is 10.4. The van der Waals surface area contributed by atoms with Crippen LogP contribution in [0.15, 0.2) is 364 Å². The molecule has 12 aromatic rings. The van der Waals surface area contributed by atoms with Crippen molar-refractivity contribution in [3.8, 4) is 0 Å². The third-order valence-corrected chi connectivity index (χ3v) is 23.7. The van der Waals surface area contributed by atoms with E-state index in [1.807, 2.05) is 0 Å². The Bertz CT molecular complexity index is 2580. The molecule has 77 heavy (non-hydrogen) atoms. The number of rotatable bonds is 12. The van der Waals surface area contributed by atoms with Gasteiger partial charge in [-0.15, -0.1) is 0 Å². The van der Waals surface area contributed by atoms with Gasteiger partial charge < -0.3 is 0 Å². The first-order valence-corrected chi connectivity index (χ1v) is 31.9. The van der Waals surface area contributed by atoms with Crippen molar-refractivity contribution in [2.45, 2.75) is 0 Å². The summed E-state index contributed by atoms with van der Waals surface area (Å²) in [6.45, 7) is 0. The maximum Gasteiger partial charge on any atom is 0.102 e. The molecule has 0 atom stereocenters. The quantitative estimate of drug-likeness (QED) is 0.107. The molecule has 12 rings (SSSR count). The molecule has 0 radical (unpaired) electrons. The Labute approximate surface area is 476 Å². The van der Waals surface area contributed by atoms with Crippen molar-refractivity contribution in [1.29, 1.82) is 0 Å². The van der Waals surface area contributed by atoms with Crippen LogP contribution in [0.5, 0.6) is 0 Å². The Hall–Kier alpha value is -6.95. The van der Waals surface area contributed by atoms with Gasteiger partial charge in [-0.2, -0.15) is 0 Å². The molecule has 0 aliphatic heterocycles. The minimum Gasteiger partial charge on any atom is -0.0620 e. The van der Waals surface area contributed by atoms with Crippen LogP contribution in [0.3, 0.4) is 0 Å². The van der Waals surface area contributed by atoms with Gasteiger partial charge in [0.25, 0.3) is 0 Å². The maximum atomic E-state index is 2.24. The molecule has 0 spiro atoms. The summed E-state index contributed by atoms with van der Waals surface area (Å²) in [5, 5.41) is 17.2. The second kappa shape index (κ2) is 31.3. The van der Waals surface area contributed by atoms with Crippen LogP contribution in [0, 0.1) is 0 Å². The van der Waals surface area contributed by atoms with Crippen LogP contribution in [-0.2, 0) is 21.1 Å². The summed E-state index contributed by atoms with van der Waals surface area (Å²) in [4.78, 5) is 0. The van der Waals surface area contributed by atoms with E-state index in [2.05, 4.69) is 364 Å². The van der Waals surface area contributed by atoms with Crippen LogP contribution >= 0.6 is 31.7 Å². The molecule has 378 valence electrons. The SMILES string of the molecule is [Pt].c1ccc([PH+](c2ccccc2)c2ccccc2)cc1.c1ccc([PH+](c2ccccc2)c2ccccc2)cc1.c1ccc([PH+](c2ccccc2)c2ccccc2)cc1.c1ccc([PH+](c2ccccc2)c2ccccc2)cc1. The third-order valence-electron chi connectivity index (χ3n) is 12.7. The van der Waals surface area contributed by atoms with Crippen LogP contribution in [0.4, 0.5) is 0 Å². The van der Waals surface area contributed by atoms with Gasteiger partial charge in [0.05, 0.1) is 31.7 Å². The summed E-state index contributed by atoms with van der Waals surface area (Å²) in [5.41, 5.74) is 0. The first kappa shape index (κ1) is 56.3. The number of hydrogen-bond donors (Lipinski definition) is 0. The van der Waals surface area contributed by atoms with E-state index >= 15 is 0 Å². The zero-order chi connectivity index (χ0) is 51.7. The molecule has 0 saturated heterocycles. The standard InChI is InChI=1S/4C18H15P.Pt/c4*1-4-10-16(11-5-1)19(17-12-6-2-7-13-17)18-14-8-3-9-15-18;/h4*1-15H;/p+4. The van der Waals surface area contributed by atoms with E-state index in [4.69, 9.17) is 0 Å². The molecule has 5 heteroatoms. The van der Waals surface area contributed by atoms with Gasteiger partial charge in [-0.3, -0.25) is 0 Å². The van der Waals surface area contributed by atoms with E-state index in [0.29, 0.717) is 0 Å². The molecule has 0 nitrogen and oxygen atoms in total. The van der Waals surface area contributed by atoms with E-state index in [9.17, 15) is 0 Å². The van der Waals surface area contributed by atoms with E-state index in [1.165, 1.54) is 63.7 Å². The van der Waals surface area contributed by atoms with Crippen LogP contribution in [0.25, 0.3) is 0 Å². The Kier molecular flexibility index (Phi) is 22.9. The van der Waals surface area contributed by atoms with E-state index < -0.39 is 31.7 Å². The van der Waals surface area contributed by atoms with Gasteiger partial charge in [-0.1, -0.05) is 218 Å². The fraction of sp³-hybridized carbons (Fsp3) is 0. The molecule has 0 bridgehead atoms. The molecule has 0 amide bonds. The van der Waals surface area contributed by atoms with Gasteiger partial charge >= 0.3 is 0 Å². The average molecular weight is 1250 g/mol. The predicted molar refractivity (Wildman–Crippen MR) is 346 cm³/mol. The molecule has 0 aliphatic rings. The summed E-state index contributed by atoms with van der Waals surface area (Å²) >= 11 is 0. The Morgan fingerprint density at radius 2 is 0.169 bits per heavy atom. The van der Waals surface area contributed by atoms with Gasteiger partial charge in [0.15, 0.2) is 0 Å². The number of hydrogen-bond acceptors (Lipinski definition) is 0. The summed E-state index contributed by atoms with van der Waals surface area (Å²) in [7, 11) is -3.51. The molecule has 0 heterocycles. The second-order valence-corrected chi connectivity index (χ2v) is 27.8. The van der Waals surface area contributed by atoms with E-state index in [-0.39, 0.29) is 21.1 Å². The second-order valence-electron chi connectivity index (χ2n) is 17.9. The van der Waals surface area contributed by atoms with Crippen molar-refractivity contribution in [3.63, 3.8) is 0 Å². The Balaban J connectivity index is 0.000000135. The first-order valence-electron chi connectivity index (χ1n) is 25.9. The van der Waals surface area contributed by atoms with Crippen molar-refractivity contribution in [3.05, 3.63) is 364 Å². The van der Waals surface area contributed by atoms with Crippen LogP contribution in [0.2, 0.25) is 0 Å². The topological polar surface area (TPSA) is 0 Å². The van der Waals surface area contributed by atoms with Crippen molar-refractivity contribution in [2.24, 2.45) is 0 Å². The van der Waals surface area contributed by atoms with Gasteiger partial charge in [-0.25, -0.2) is 0 Å². The van der Waals surface area contributed by atoms with Crippen LogP contribution in [0.1, 0.15) is 0 Å². The van der Waals surface area contributed by atoms with Gasteiger partial charge in [0.1, 0.15) is 63.7 Å². The summed E-state index contributed by atoms with van der Waals surface area (Å²) < 4.78 is 0. The van der Waals surface area contributed by atoms with E-state index in [1.54, 1.807) is 0 Å². The average Bonchev–Trinajstić information content (AvgIpc) is 3.51. The van der Waals surface area contributed by atoms with Crippen LogP contribution < -0.4 is 63.7 Å². The zero-order valence-electron chi connectivity index (χ0n) is 43.0. The predicted octanol–water partition coefficient (Wildman–Crippen LogP) is 12.7. The summed E-state index contributed by atoms with van der Waals surface area (Å²) in [6.07, 6.45) is 0. The molecule has 0 N–H and O–H groups in total. The Morgan fingerprint density at radius 3 is 0.234 bits per heavy atom. The minimum atomic E-state index is -0.877. The van der Waals surface area contributed by atoms with Gasteiger partial charge in [0, 0.05) is 21.1 Å². The molecule has 0 fully saturated rings. The number of benzene rings is 12. The molecule has 0 aromatic heterocycles. The van der Waals surface area contributed by atoms with Crippen molar-refractivity contribution in [2.75, 3.05) is 0 Å². The smallest absolute Gasteiger partial charge is 0.0620 e. The first-order chi connectivity index (χ1) is 37.8. The molecule has 0 unspecified atom stereocenters. The van der Waals surface area contributed by atoms with Crippen molar-refractivity contribution < 1.29 is 21.1 Å². The molecular weight excluding hydrogens is 1180 g/mol. The third kappa shape index (κ3) is 16.5. The molecule has 0 aliphatic carbocycles. The monoisotopic (exact) mass is 1250 g/mol. The largest absolute Gasteiger partial charge is 0.102 e. The van der Waals surface area contributed by atoms with E-state index in [0.717, 1.165) is 0 Å². The minimum absolute atomic E-state index is 0. The van der Waals surface area contributed by atoms with Crippen molar-refractivity contribution >= 4 is 95.3 Å². The molecular formula is C72H64P4Pt+4. The fourth-order valence-electron chi connectivity index (χ4n) is 9.26. The maximum absolute atomic E-state index is 2.24. The zero-order valence-corrected chi connectivity index (χ0v) is 49.2. The Morgan fingerprint density at radius 1 is 0.104 bits per heavy atom. The van der Waals surface area contributed by atoms with Gasteiger partial charge in [-0.05, 0) is 146 Å². The van der Waals surface area contributed by atoms with Crippen molar-refractivity contribution in [1.82, 2.24) is 0 Å². The molecule has 12 aromatic carbocycles. The van der Waals surface area contributed by atoms with Crippen LogP contribution in [-0.4, -0.2) is 0 Å². The fourth-order valence-corrected chi connectivity index (χ4v) is 19.6. The molecule has 0 saturated carbocycles.